The van der Waals surface area contributed by atoms with Crippen molar-refractivity contribution in [2.45, 2.75) is 6.04 Å². The van der Waals surface area contributed by atoms with Crippen molar-refractivity contribution in [2.24, 2.45) is 0 Å². The van der Waals surface area contributed by atoms with Gasteiger partial charge in [0.05, 0.1) is 25.8 Å². The van der Waals surface area contributed by atoms with Gasteiger partial charge in [-0.2, -0.15) is 0 Å². The van der Waals surface area contributed by atoms with Gasteiger partial charge in [-0.15, -0.1) is 12.4 Å². The van der Waals surface area contributed by atoms with Crippen molar-refractivity contribution < 1.29 is 19.0 Å². The number of alkyl halides is 1. The molecule has 0 amide bonds. The van der Waals surface area contributed by atoms with Crippen LogP contribution in [-0.2, 0) is 0 Å². The quantitative estimate of drug-likeness (QED) is 0.865. The summed E-state index contributed by atoms with van der Waals surface area (Å²) in [5.74, 6) is 0.937. The monoisotopic (exact) mass is 320 g/mol. The lowest BCUT2D eigenvalue weighted by Crippen LogP contribution is -2.45. The molecule has 120 valence electrons. The van der Waals surface area contributed by atoms with Gasteiger partial charge in [-0.25, -0.2) is 4.39 Å². The predicted octanol–water partition coefficient (Wildman–Crippen LogP) is 1.75. The van der Waals surface area contributed by atoms with Crippen molar-refractivity contribution in [2.75, 3.05) is 47.1 Å². The van der Waals surface area contributed by atoms with E-state index in [-0.39, 0.29) is 18.2 Å². The Morgan fingerprint density at radius 1 is 1.24 bits per heavy atom. The summed E-state index contributed by atoms with van der Waals surface area (Å²) >= 11 is 0. The number of nitrogens with one attached hydrogen (secondary N) is 1. The van der Waals surface area contributed by atoms with Crippen LogP contribution in [0, 0.1) is 0 Å². The van der Waals surface area contributed by atoms with E-state index in [9.17, 15) is 9.50 Å². The highest BCUT2D eigenvalue weighted by Gasteiger charge is 2.28. The molecule has 2 rings (SSSR count). The third-order valence-corrected chi connectivity index (χ3v) is 3.60. The molecular formula is C14H22ClFN2O3. The van der Waals surface area contributed by atoms with Crippen LogP contribution >= 0.6 is 12.4 Å². The normalized spacial score (nSPS) is 16.9. The molecule has 7 heteroatoms. The Bertz CT molecular complexity index is 431. The minimum Gasteiger partial charge on any atom is -0.508 e. The van der Waals surface area contributed by atoms with E-state index >= 15 is 0 Å². The summed E-state index contributed by atoms with van der Waals surface area (Å²) in [6.07, 6.45) is 0. The predicted molar refractivity (Wildman–Crippen MR) is 81.6 cm³/mol. The molecule has 0 unspecified atom stereocenters. The Morgan fingerprint density at radius 2 is 1.76 bits per heavy atom. The molecule has 1 aliphatic heterocycles. The summed E-state index contributed by atoms with van der Waals surface area (Å²) < 4.78 is 24.2. The number of hydrogen-bond donors (Lipinski definition) is 2. The van der Waals surface area contributed by atoms with E-state index in [1.165, 1.54) is 26.4 Å². The highest BCUT2D eigenvalue weighted by molar-refractivity contribution is 5.85. The zero-order valence-electron chi connectivity index (χ0n) is 12.3. The van der Waals surface area contributed by atoms with Crippen LogP contribution in [0.3, 0.4) is 0 Å². The minimum atomic E-state index is -0.530. The summed E-state index contributed by atoms with van der Waals surface area (Å²) in [6, 6.07) is 2.55. The average Bonchev–Trinajstić information content (AvgIpc) is 2.49. The number of phenolic OH excluding ortho intramolecular Hbond substituents is 1. The Hall–Kier alpha value is -1.24. The zero-order valence-corrected chi connectivity index (χ0v) is 13.1. The van der Waals surface area contributed by atoms with Crippen LogP contribution in [0.25, 0.3) is 0 Å². The van der Waals surface area contributed by atoms with Crippen LogP contribution in [-0.4, -0.2) is 57.1 Å². The molecule has 1 saturated heterocycles. The number of methoxy groups -OCH3 is 2. The van der Waals surface area contributed by atoms with E-state index in [1.54, 1.807) is 0 Å². The molecular weight excluding hydrogens is 299 g/mol. The summed E-state index contributed by atoms with van der Waals surface area (Å²) in [5, 5.41) is 12.9. The summed E-state index contributed by atoms with van der Waals surface area (Å²) in [6.45, 7) is 2.67. The molecule has 0 aromatic heterocycles. The van der Waals surface area contributed by atoms with E-state index in [2.05, 4.69) is 10.2 Å². The Kier molecular flexibility index (Phi) is 7.01. The Balaban J connectivity index is 0.00000220. The van der Waals surface area contributed by atoms with Crippen molar-refractivity contribution in [3.05, 3.63) is 17.7 Å². The first kappa shape index (κ1) is 17.8. The molecule has 0 radical (unpaired) electrons. The number of aromatic hydroxyl groups is 1. The van der Waals surface area contributed by atoms with Crippen LogP contribution in [0.2, 0.25) is 0 Å². The van der Waals surface area contributed by atoms with Crippen molar-refractivity contribution >= 4 is 12.4 Å². The lowest BCUT2D eigenvalue weighted by Gasteiger charge is -2.34. The number of piperazine rings is 1. The van der Waals surface area contributed by atoms with Crippen molar-refractivity contribution in [1.82, 2.24) is 10.2 Å². The standard InChI is InChI=1S/C14H21FN2O3.ClH/c1-19-12-7-10(18)8-13(20-2)14(12)11(9-15)17-5-3-16-4-6-17;/h7-8,11,16,18H,3-6,9H2,1-2H3;1H/t11-;/m1./s1. The molecule has 0 saturated carbocycles. The van der Waals surface area contributed by atoms with E-state index in [4.69, 9.17) is 9.47 Å². The number of nitrogens with zero attached hydrogens (tertiary/aromatic N) is 1. The van der Waals surface area contributed by atoms with Gasteiger partial charge in [0, 0.05) is 38.3 Å². The molecule has 1 aliphatic rings. The number of ether oxygens (including phenoxy) is 2. The van der Waals surface area contributed by atoms with Crippen molar-refractivity contribution in [1.29, 1.82) is 0 Å². The highest BCUT2D eigenvalue weighted by Crippen LogP contribution is 2.40. The Morgan fingerprint density at radius 3 is 2.19 bits per heavy atom. The maximum absolute atomic E-state index is 13.6. The smallest absolute Gasteiger partial charge is 0.131 e. The van der Waals surface area contributed by atoms with E-state index in [1.807, 2.05) is 0 Å². The lowest BCUT2D eigenvalue weighted by atomic mass is 10.0. The highest BCUT2D eigenvalue weighted by atomic mass is 35.5. The third kappa shape index (κ3) is 3.90. The second kappa shape index (κ2) is 8.26. The largest absolute Gasteiger partial charge is 0.508 e. The molecule has 1 aromatic rings. The average molecular weight is 321 g/mol. The van der Waals surface area contributed by atoms with Gasteiger partial charge in [0.1, 0.15) is 23.9 Å². The van der Waals surface area contributed by atoms with Crippen molar-refractivity contribution in [3.63, 3.8) is 0 Å². The van der Waals surface area contributed by atoms with Gasteiger partial charge in [-0.1, -0.05) is 0 Å². The second-order valence-electron chi connectivity index (χ2n) is 4.72. The van der Waals surface area contributed by atoms with Gasteiger partial charge in [-0.05, 0) is 0 Å². The van der Waals surface area contributed by atoms with Crippen LogP contribution in [0.5, 0.6) is 17.2 Å². The summed E-state index contributed by atoms with van der Waals surface area (Å²) in [7, 11) is 3.01. The number of halogens is 2. The first-order valence-electron chi connectivity index (χ1n) is 6.66. The summed E-state index contributed by atoms with van der Waals surface area (Å²) in [4.78, 5) is 2.06. The molecule has 2 N–H and O–H groups in total. The maximum atomic E-state index is 13.6. The van der Waals surface area contributed by atoms with Gasteiger partial charge >= 0.3 is 0 Å². The van der Waals surface area contributed by atoms with Gasteiger partial charge in [0.25, 0.3) is 0 Å². The number of hydrogen-bond acceptors (Lipinski definition) is 5. The minimum absolute atomic E-state index is 0. The number of benzene rings is 1. The van der Waals surface area contributed by atoms with Gasteiger partial charge in [-0.3, -0.25) is 4.90 Å². The third-order valence-electron chi connectivity index (χ3n) is 3.60. The van der Waals surface area contributed by atoms with Crippen LogP contribution in [0.15, 0.2) is 12.1 Å². The fourth-order valence-corrected chi connectivity index (χ4v) is 2.60. The molecule has 1 fully saturated rings. The zero-order chi connectivity index (χ0) is 14.5. The Labute approximate surface area is 130 Å². The SMILES string of the molecule is COc1cc(O)cc(OC)c1[C@@H](CF)N1CCNCC1.Cl. The van der Waals surface area contributed by atoms with E-state index < -0.39 is 12.7 Å². The number of rotatable bonds is 5. The van der Waals surface area contributed by atoms with Crippen molar-refractivity contribution in [3.8, 4) is 17.2 Å². The van der Waals surface area contributed by atoms with E-state index in [0.29, 0.717) is 17.1 Å². The molecule has 0 aliphatic carbocycles. The van der Waals surface area contributed by atoms with Gasteiger partial charge < -0.3 is 19.9 Å². The first-order valence-corrected chi connectivity index (χ1v) is 6.66. The molecule has 1 aromatic carbocycles. The molecule has 21 heavy (non-hydrogen) atoms. The van der Waals surface area contributed by atoms with Gasteiger partial charge in [0.15, 0.2) is 0 Å². The topological polar surface area (TPSA) is 54.0 Å². The van der Waals surface area contributed by atoms with Crippen LogP contribution in [0.4, 0.5) is 4.39 Å². The summed E-state index contributed by atoms with van der Waals surface area (Å²) in [5.41, 5.74) is 0.650. The van der Waals surface area contributed by atoms with E-state index in [0.717, 1.165) is 26.2 Å². The fraction of sp³-hybridized carbons (Fsp3) is 0.571. The molecule has 1 heterocycles. The van der Waals surface area contributed by atoms with Crippen LogP contribution < -0.4 is 14.8 Å². The molecule has 5 nitrogen and oxygen atoms in total. The van der Waals surface area contributed by atoms with Crippen LogP contribution in [0.1, 0.15) is 11.6 Å². The maximum Gasteiger partial charge on any atom is 0.131 e. The first-order chi connectivity index (χ1) is 9.71. The van der Waals surface area contributed by atoms with Gasteiger partial charge in [0.2, 0.25) is 0 Å². The molecule has 1 atom stereocenters. The number of phenols is 1. The lowest BCUT2D eigenvalue weighted by molar-refractivity contribution is 0.142. The molecule has 0 bridgehead atoms. The second-order valence-corrected chi connectivity index (χ2v) is 4.72. The fourth-order valence-electron chi connectivity index (χ4n) is 2.60. The molecule has 0 spiro atoms.